The molecule has 7 heteroatoms. The summed E-state index contributed by atoms with van der Waals surface area (Å²) >= 11 is 0. The Bertz CT molecular complexity index is 706. The maximum Gasteiger partial charge on any atom is 0.413 e. The Kier molecular flexibility index (Phi) is 5.92. The van der Waals surface area contributed by atoms with Gasteiger partial charge in [0.15, 0.2) is 5.78 Å². The van der Waals surface area contributed by atoms with Gasteiger partial charge in [-0.1, -0.05) is 17.7 Å². The van der Waals surface area contributed by atoms with E-state index < -0.39 is 34.3 Å². The number of carbonyl (C=O) groups is 2. The van der Waals surface area contributed by atoms with Crippen LogP contribution in [0.5, 0.6) is 0 Å². The number of ketones is 1. The molecule has 0 aromatic heterocycles. The predicted molar refractivity (Wildman–Crippen MR) is 99.4 cm³/mol. The molecule has 1 amide bonds. The van der Waals surface area contributed by atoms with E-state index in [9.17, 15) is 13.8 Å². The van der Waals surface area contributed by atoms with E-state index >= 15 is 0 Å². The van der Waals surface area contributed by atoms with Gasteiger partial charge in [-0.25, -0.2) is 4.79 Å². The number of hydrogen-bond donors (Lipinski definition) is 0. The second-order valence-electron chi connectivity index (χ2n) is 7.89. The molecular formula is C19H27NO5S. The molecule has 1 fully saturated rings. The van der Waals surface area contributed by atoms with Crippen LogP contribution >= 0.6 is 0 Å². The van der Waals surface area contributed by atoms with Gasteiger partial charge >= 0.3 is 6.09 Å². The van der Waals surface area contributed by atoms with Crippen molar-refractivity contribution in [3.63, 3.8) is 0 Å². The summed E-state index contributed by atoms with van der Waals surface area (Å²) in [5.74, 6) is -0.479. The van der Waals surface area contributed by atoms with E-state index in [0.29, 0.717) is 4.90 Å². The van der Waals surface area contributed by atoms with Crippen LogP contribution in [0.3, 0.4) is 0 Å². The minimum Gasteiger partial charge on any atom is -0.444 e. The second-order valence-corrected chi connectivity index (χ2v) is 9.34. The standard InChI is InChI=1S/C19H27NO5S/c1-13-7-9-14(10-8-13)26(23)12-16(21)15-11-24-19(5,6)20(15)17(22)25-18(2,3)4/h7-10,15H,11-12H2,1-6H3/t15-,26+/m0/s1. The quantitative estimate of drug-likeness (QED) is 0.801. The second kappa shape index (κ2) is 7.48. The summed E-state index contributed by atoms with van der Waals surface area (Å²) in [4.78, 5) is 27.2. The highest BCUT2D eigenvalue weighted by Crippen LogP contribution is 2.30. The molecule has 0 N–H and O–H groups in total. The number of amides is 1. The summed E-state index contributed by atoms with van der Waals surface area (Å²) in [5.41, 5.74) is -0.596. The van der Waals surface area contributed by atoms with Crippen LogP contribution in [0.1, 0.15) is 40.2 Å². The van der Waals surface area contributed by atoms with Crippen molar-refractivity contribution in [3.8, 4) is 0 Å². The van der Waals surface area contributed by atoms with Gasteiger partial charge < -0.3 is 9.47 Å². The van der Waals surface area contributed by atoms with Gasteiger partial charge in [0.25, 0.3) is 0 Å². The number of benzene rings is 1. The van der Waals surface area contributed by atoms with Crippen molar-refractivity contribution in [1.82, 2.24) is 4.90 Å². The first kappa shape index (κ1) is 20.6. The van der Waals surface area contributed by atoms with E-state index in [0.717, 1.165) is 5.56 Å². The maximum absolute atomic E-state index is 12.7. The van der Waals surface area contributed by atoms with E-state index in [1.165, 1.54) is 4.90 Å². The Morgan fingerprint density at radius 3 is 2.38 bits per heavy atom. The summed E-state index contributed by atoms with van der Waals surface area (Å²) < 4.78 is 23.6. The van der Waals surface area contributed by atoms with Crippen LogP contribution in [0.15, 0.2) is 29.2 Å². The molecular weight excluding hydrogens is 354 g/mol. The van der Waals surface area contributed by atoms with Crippen LogP contribution in [-0.2, 0) is 25.1 Å². The number of carbonyl (C=O) groups excluding carboxylic acids is 2. The van der Waals surface area contributed by atoms with E-state index in [1.54, 1.807) is 46.8 Å². The summed E-state index contributed by atoms with van der Waals surface area (Å²) in [7, 11) is -1.47. The first-order valence-corrected chi connectivity index (χ1v) is 9.86. The zero-order chi connectivity index (χ0) is 19.7. The van der Waals surface area contributed by atoms with Crippen LogP contribution in [-0.4, -0.2) is 50.7 Å². The molecule has 1 aromatic carbocycles. The summed E-state index contributed by atoms with van der Waals surface area (Å²) in [5, 5.41) is 0. The van der Waals surface area contributed by atoms with Crippen molar-refractivity contribution in [2.45, 2.75) is 63.8 Å². The maximum atomic E-state index is 12.7. The summed E-state index contributed by atoms with van der Waals surface area (Å²) in [6.45, 7) is 10.7. The Hall–Kier alpha value is -1.73. The molecule has 2 rings (SSSR count). The third-order valence-electron chi connectivity index (χ3n) is 4.01. The van der Waals surface area contributed by atoms with Crippen LogP contribution in [0, 0.1) is 6.92 Å². The molecule has 0 saturated carbocycles. The van der Waals surface area contributed by atoms with Crippen molar-refractivity contribution in [3.05, 3.63) is 29.8 Å². The Morgan fingerprint density at radius 1 is 1.27 bits per heavy atom. The van der Waals surface area contributed by atoms with Crippen molar-refractivity contribution >= 4 is 22.7 Å². The third-order valence-corrected chi connectivity index (χ3v) is 5.35. The predicted octanol–water partition coefficient (Wildman–Crippen LogP) is 3.04. The lowest BCUT2D eigenvalue weighted by atomic mass is 10.1. The van der Waals surface area contributed by atoms with E-state index in [4.69, 9.17) is 9.47 Å². The first-order valence-electron chi connectivity index (χ1n) is 8.55. The Balaban J connectivity index is 2.14. The number of Topliss-reactive ketones (excluding diaryl/α,β-unsaturated/α-hetero) is 1. The highest BCUT2D eigenvalue weighted by molar-refractivity contribution is 7.85. The van der Waals surface area contributed by atoms with Gasteiger partial charge in [-0.15, -0.1) is 0 Å². The molecule has 26 heavy (non-hydrogen) atoms. The SMILES string of the molecule is Cc1ccc([S@](=O)CC(=O)[C@@H]2COC(C)(C)N2C(=O)OC(C)(C)C)cc1. The molecule has 2 atom stereocenters. The zero-order valence-corrected chi connectivity index (χ0v) is 17.0. The van der Waals surface area contributed by atoms with Crippen molar-refractivity contribution < 1.29 is 23.3 Å². The molecule has 1 aromatic rings. The number of hydrogen-bond acceptors (Lipinski definition) is 5. The fraction of sp³-hybridized carbons (Fsp3) is 0.579. The van der Waals surface area contributed by atoms with Crippen molar-refractivity contribution in [2.24, 2.45) is 0 Å². The first-order chi connectivity index (χ1) is 11.9. The van der Waals surface area contributed by atoms with Crippen molar-refractivity contribution in [1.29, 1.82) is 0 Å². The minimum atomic E-state index is -1.47. The smallest absolute Gasteiger partial charge is 0.413 e. The van der Waals surface area contributed by atoms with Gasteiger partial charge in [0.1, 0.15) is 17.4 Å². The van der Waals surface area contributed by atoms with Crippen LogP contribution < -0.4 is 0 Å². The van der Waals surface area contributed by atoms with E-state index in [1.807, 2.05) is 19.1 Å². The largest absolute Gasteiger partial charge is 0.444 e. The lowest BCUT2D eigenvalue weighted by Gasteiger charge is -2.34. The molecule has 0 spiro atoms. The number of rotatable bonds is 4. The molecule has 0 radical (unpaired) electrons. The minimum absolute atomic E-state index is 0.0656. The fourth-order valence-electron chi connectivity index (χ4n) is 2.70. The fourth-order valence-corrected chi connectivity index (χ4v) is 3.75. The molecule has 6 nitrogen and oxygen atoms in total. The lowest BCUT2D eigenvalue weighted by Crippen LogP contribution is -2.52. The molecule has 144 valence electrons. The topological polar surface area (TPSA) is 72.9 Å². The average molecular weight is 381 g/mol. The van der Waals surface area contributed by atoms with Crippen LogP contribution in [0.2, 0.25) is 0 Å². The molecule has 1 saturated heterocycles. The molecule has 1 heterocycles. The molecule has 0 bridgehead atoms. The number of ether oxygens (including phenoxy) is 2. The Morgan fingerprint density at radius 2 is 1.85 bits per heavy atom. The summed E-state index contributed by atoms with van der Waals surface area (Å²) in [6.07, 6.45) is -0.612. The van der Waals surface area contributed by atoms with Crippen LogP contribution in [0.4, 0.5) is 4.79 Å². The highest BCUT2D eigenvalue weighted by atomic mass is 32.2. The monoisotopic (exact) mass is 381 g/mol. The van der Waals surface area contributed by atoms with Crippen LogP contribution in [0.25, 0.3) is 0 Å². The molecule has 0 aliphatic carbocycles. The normalized spacial score (nSPS) is 20.7. The molecule has 0 unspecified atom stereocenters. The van der Waals surface area contributed by atoms with Gasteiger partial charge in [-0.3, -0.25) is 13.9 Å². The average Bonchev–Trinajstić information content (AvgIpc) is 2.81. The highest BCUT2D eigenvalue weighted by Gasteiger charge is 2.48. The van der Waals surface area contributed by atoms with Gasteiger partial charge in [-0.2, -0.15) is 0 Å². The lowest BCUT2D eigenvalue weighted by molar-refractivity contribution is -0.122. The third kappa shape index (κ3) is 4.92. The molecule has 1 aliphatic rings. The summed E-state index contributed by atoms with van der Waals surface area (Å²) in [6, 6.07) is 6.40. The van der Waals surface area contributed by atoms with E-state index in [2.05, 4.69) is 0 Å². The Labute approximate surface area is 157 Å². The van der Waals surface area contributed by atoms with Gasteiger partial charge in [0, 0.05) is 4.90 Å². The number of aryl methyl sites for hydroxylation is 1. The zero-order valence-electron chi connectivity index (χ0n) is 16.2. The van der Waals surface area contributed by atoms with Gasteiger partial charge in [0.2, 0.25) is 0 Å². The van der Waals surface area contributed by atoms with Crippen molar-refractivity contribution in [2.75, 3.05) is 12.4 Å². The van der Waals surface area contributed by atoms with Gasteiger partial charge in [0.05, 0.1) is 23.2 Å². The van der Waals surface area contributed by atoms with E-state index in [-0.39, 0.29) is 18.1 Å². The van der Waals surface area contributed by atoms with Gasteiger partial charge in [-0.05, 0) is 53.7 Å². The molecule has 1 aliphatic heterocycles. The number of nitrogens with zero attached hydrogens (tertiary/aromatic N) is 1.